The number of halogens is 1. The third-order valence-electron chi connectivity index (χ3n) is 2.53. The Morgan fingerprint density at radius 3 is 3.00 bits per heavy atom. The highest BCUT2D eigenvalue weighted by atomic mass is 32.2. The van der Waals surface area contributed by atoms with Gasteiger partial charge in [-0.15, -0.1) is 0 Å². The number of thioether (sulfide) groups is 1. The van der Waals surface area contributed by atoms with Crippen LogP contribution in [0.4, 0.5) is 4.39 Å². The number of nitrogens with two attached hydrogens (primary N) is 1. The normalized spacial score (nSPS) is 11.7. The van der Waals surface area contributed by atoms with E-state index >= 15 is 0 Å². The van der Waals surface area contributed by atoms with Gasteiger partial charge in [0.25, 0.3) is 0 Å². The molecule has 102 valence electrons. The molecule has 0 spiro atoms. The Bertz CT molecular complexity index is 488. The zero-order chi connectivity index (χ0) is 14.3. The van der Waals surface area contributed by atoms with Crippen LogP contribution in [0.25, 0.3) is 0 Å². The maximum atomic E-state index is 12.9. The Kier molecular flexibility index (Phi) is 6.33. The zero-order valence-corrected chi connectivity index (χ0v) is 11.4. The highest BCUT2D eigenvalue weighted by molar-refractivity contribution is 7.98. The summed E-state index contributed by atoms with van der Waals surface area (Å²) in [6.07, 6.45) is 0.500. The lowest BCUT2D eigenvalue weighted by Crippen LogP contribution is -2.31. The molecule has 0 saturated carbocycles. The quantitative estimate of drug-likeness (QED) is 0.636. The predicted octanol–water partition coefficient (Wildman–Crippen LogP) is 1.82. The van der Waals surface area contributed by atoms with Crippen molar-refractivity contribution in [3.8, 4) is 6.07 Å². The lowest BCUT2D eigenvalue weighted by molar-refractivity contribution is -0.142. The molecule has 2 N–H and O–H groups in total. The summed E-state index contributed by atoms with van der Waals surface area (Å²) >= 11 is 1.54. The predicted molar refractivity (Wildman–Crippen MR) is 71.9 cm³/mol. The summed E-state index contributed by atoms with van der Waals surface area (Å²) in [7, 11) is 1.30. The number of ether oxygens (including phenoxy) is 1. The van der Waals surface area contributed by atoms with Gasteiger partial charge in [-0.25, -0.2) is 4.39 Å². The first kappa shape index (κ1) is 15.5. The zero-order valence-electron chi connectivity index (χ0n) is 10.6. The fourth-order valence-electron chi connectivity index (χ4n) is 1.44. The van der Waals surface area contributed by atoms with Gasteiger partial charge >= 0.3 is 5.97 Å². The number of benzene rings is 1. The van der Waals surface area contributed by atoms with Gasteiger partial charge in [0.05, 0.1) is 18.7 Å². The molecule has 0 saturated heterocycles. The number of carbonyl (C=O) groups excluding carboxylic acids is 1. The van der Waals surface area contributed by atoms with Crippen molar-refractivity contribution in [3.63, 3.8) is 0 Å². The van der Waals surface area contributed by atoms with E-state index in [9.17, 15) is 9.18 Å². The van der Waals surface area contributed by atoms with Crippen molar-refractivity contribution >= 4 is 17.7 Å². The van der Waals surface area contributed by atoms with Crippen molar-refractivity contribution < 1.29 is 13.9 Å². The van der Waals surface area contributed by atoms with Crippen LogP contribution in [0.5, 0.6) is 0 Å². The Labute approximate surface area is 115 Å². The molecule has 6 heteroatoms. The van der Waals surface area contributed by atoms with Gasteiger partial charge in [0, 0.05) is 5.75 Å². The van der Waals surface area contributed by atoms with Gasteiger partial charge in [0.15, 0.2) is 0 Å². The van der Waals surface area contributed by atoms with E-state index in [4.69, 9.17) is 11.0 Å². The molecule has 1 unspecified atom stereocenters. The van der Waals surface area contributed by atoms with Gasteiger partial charge < -0.3 is 10.5 Å². The summed E-state index contributed by atoms with van der Waals surface area (Å²) in [4.78, 5) is 11.1. The molecular weight excluding hydrogens is 267 g/mol. The van der Waals surface area contributed by atoms with E-state index in [1.165, 1.54) is 31.0 Å². The SMILES string of the molecule is COC(=O)C(N)CCSCc1ccc(F)cc1C#N. The molecule has 0 radical (unpaired) electrons. The van der Waals surface area contributed by atoms with E-state index < -0.39 is 17.8 Å². The number of nitriles is 1. The summed E-state index contributed by atoms with van der Waals surface area (Å²) < 4.78 is 17.4. The molecular formula is C13H15FN2O2S. The molecule has 1 rings (SSSR count). The van der Waals surface area contributed by atoms with Gasteiger partial charge in [0.2, 0.25) is 0 Å². The summed E-state index contributed by atoms with van der Waals surface area (Å²) in [6.45, 7) is 0. The van der Waals surface area contributed by atoms with E-state index in [1.54, 1.807) is 6.07 Å². The molecule has 1 aromatic rings. The van der Waals surface area contributed by atoms with Crippen LogP contribution < -0.4 is 5.73 Å². The molecule has 1 atom stereocenters. The fourth-order valence-corrected chi connectivity index (χ4v) is 2.48. The van der Waals surface area contributed by atoms with Crippen LogP contribution in [-0.2, 0) is 15.3 Å². The largest absolute Gasteiger partial charge is 0.468 e. The molecule has 1 aromatic carbocycles. The lowest BCUT2D eigenvalue weighted by atomic mass is 10.1. The van der Waals surface area contributed by atoms with Crippen molar-refractivity contribution in [3.05, 3.63) is 35.1 Å². The van der Waals surface area contributed by atoms with E-state index in [-0.39, 0.29) is 0 Å². The first-order chi connectivity index (χ1) is 9.08. The minimum absolute atomic E-state index is 0.338. The number of rotatable bonds is 6. The number of esters is 1. The van der Waals surface area contributed by atoms with Crippen LogP contribution in [0.15, 0.2) is 18.2 Å². The second-order valence-corrected chi connectivity index (χ2v) is 4.99. The third kappa shape index (κ3) is 4.89. The second kappa shape index (κ2) is 7.77. The molecule has 0 amide bonds. The first-order valence-electron chi connectivity index (χ1n) is 5.68. The molecule has 0 aliphatic rings. The van der Waals surface area contributed by atoms with Crippen molar-refractivity contribution in [2.75, 3.05) is 12.9 Å². The molecule has 19 heavy (non-hydrogen) atoms. The topological polar surface area (TPSA) is 76.1 Å². The Balaban J connectivity index is 2.42. The van der Waals surface area contributed by atoms with Crippen LogP contribution in [0.2, 0.25) is 0 Å². The van der Waals surface area contributed by atoms with E-state index in [2.05, 4.69) is 4.74 Å². The van der Waals surface area contributed by atoms with E-state index in [0.29, 0.717) is 23.5 Å². The van der Waals surface area contributed by atoms with Crippen LogP contribution in [0.3, 0.4) is 0 Å². The van der Waals surface area contributed by atoms with E-state index in [1.807, 2.05) is 6.07 Å². The number of methoxy groups -OCH3 is 1. The molecule has 0 fully saturated rings. The summed E-state index contributed by atoms with van der Waals surface area (Å²) in [5.41, 5.74) is 6.71. The van der Waals surface area contributed by atoms with Crippen LogP contribution in [0.1, 0.15) is 17.5 Å². The van der Waals surface area contributed by atoms with Crippen LogP contribution in [0, 0.1) is 17.1 Å². The smallest absolute Gasteiger partial charge is 0.322 e. The van der Waals surface area contributed by atoms with Crippen LogP contribution >= 0.6 is 11.8 Å². The van der Waals surface area contributed by atoms with Crippen molar-refractivity contribution in [1.29, 1.82) is 5.26 Å². The van der Waals surface area contributed by atoms with Crippen molar-refractivity contribution in [2.24, 2.45) is 5.73 Å². The number of hydrogen-bond acceptors (Lipinski definition) is 5. The summed E-state index contributed by atoms with van der Waals surface area (Å²) in [5, 5.41) is 8.89. The Morgan fingerprint density at radius 1 is 1.63 bits per heavy atom. The maximum Gasteiger partial charge on any atom is 0.322 e. The van der Waals surface area contributed by atoms with Crippen LogP contribution in [-0.4, -0.2) is 24.9 Å². The van der Waals surface area contributed by atoms with Crippen molar-refractivity contribution in [2.45, 2.75) is 18.2 Å². The van der Waals surface area contributed by atoms with Gasteiger partial charge in [-0.05, 0) is 29.9 Å². The van der Waals surface area contributed by atoms with Gasteiger partial charge in [0.1, 0.15) is 11.9 Å². The number of nitrogens with zero attached hydrogens (tertiary/aromatic N) is 1. The highest BCUT2D eigenvalue weighted by Crippen LogP contribution is 2.18. The minimum Gasteiger partial charge on any atom is -0.468 e. The Morgan fingerprint density at radius 2 is 2.37 bits per heavy atom. The number of hydrogen-bond donors (Lipinski definition) is 1. The lowest BCUT2D eigenvalue weighted by Gasteiger charge is -2.09. The molecule has 0 aliphatic carbocycles. The molecule has 0 aliphatic heterocycles. The Hall–Kier alpha value is -1.58. The summed E-state index contributed by atoms with van der Waals surface area (Å²) in [5.74, 6) is 0.397. The molecule has 0 bridgehead atoms. The third-order valence-corrected chi connectivity index (χ3v) is 3.57. The molecule has 0 aromatic heterocycles. The average Bonchev–Trinajstić information content (AvgIpc) is 2.43. The molecule has 4 nitrogen and oxygen atoms in total. The fraction of sp³-hybridized carbons (Fsp3) is 0.385. The minimum atomic E-state index is -0.624. The highest BCUT2D eigenvalue weighted by Gasteiger charge is 2.13. The van der Waals surface area contributed by atoms with Gasteiger partial charge in [-0.1, -0.05) is 6.07 Å². The number of carbonyl (C=O) groups is 1. The van der Waals surface area contributed by atoms with Gasteiger partial charge in [-0.3, -0.25) is 4.79 Å². The second-order valence-electron chi connectivity index (χ2n) is 3.88. The first-order valence-corrected chi connectivity index (χ1v) is 6.83. The standard InChI is InChI=1S/C13H15FN2O2S/c1-18-13(17)12(16)4-5-19-8-9-2-3-11(14)6-10(9)7-15/h2-3,6,12H,4-5,8,16H2,1H3. The van der Waals surface area contributed by atoms with Gasteiger partial charge in [-0.2, -0.15) is 17.0 Å². The maximum absolute atomic E-state index is 12.9. The van der Waals surface area contributed by atoms with Crippen molar-refractivity contribution in [1.82, 2.24) is 0 Å². The van der Waals surface area contributed by atoms with E-state index in [0.717, 1.165) is 5.56 Å². The summed E-state index contributed by atoms with van der Waals surface area (Å²) in [6, 6.07) is 5.48. The monoisotopic (exact) mass is 282 g/mol. The molecule has 0 heterocycles. The average molecular weight is 282 g/mol.